The van der Waals surface area contributed by atoms with Gasteiger partial charge in [-0.05, 0) is 43.9 Å². The zero-order valence-electron chi connectivity index (χ0n) is 15.0. The number of benzene rings is 1. The van der Waals surface area contributed by atoms with Gasteiger partial charge < -0.3 is 4.74 Å². The molecule has 142 valence electrons. The van der Waals surface area contributed by atoms with Crippen LogP contribution in [0.15, 0.2) is 29.2 Å². The quantitative estimate of drug-likeness (QED) is 0.484. The summed E-state index contributed by atoms with van der Waals surface area (Å²) in [6, 6.07) is 6.84. The van der Waals surface area contributed by atoms with Crippen molar-refractivity contribution in [1.29, 1.82) is 0 Å². The van der Waals surface area contributed by atoms with Gasteiger partial charge in [0.05, 0.1) is 12.0 Å². The van der Waals surface area contributed by atoms with Crippen LogP contribution >= 0.6 is 0 Å². The minimum atomic E-state index is -3.72. The molecule has 0 spiro atoms. The average molecular weight is 380 g/mol. The Morgan fingerprint density at radius 1 is 1.23 bits per heavy atom. The maximum Gasteiger partial charge on any atom is 0.305 e. The van der Waals surface area contributed by atoms with Crippen LogP contribution in [-0.2, 0) is 26.0 Å². The van der Waals surface area contributed by atoms with E-state index in [-0.39, 0.29) is 16.8 Å². The first-order valence-electron chi connectivity index (χ1n) is 8.48. The fourth-order valence-electron chi connectivity index (χ4n) is 2.49. The third-order valence-electron chi connectivity index (χ3n) is 3.86. The summed E-state index contributed by atoms with van der Waals surface area (Å²) in [6.07, 6.45) is 4.87. The van der Waals surface area contributed by atoms with Crippen LogP contribution in [0.4, 0.5) is 5.95 Å². The zero-order chi connectivity index (χ0) is 19.0. The number of H-pyrrole nitrogens is 1. The summed E-state index contributed by atoms with van der Waals surface area (Å²) in [5, 5.41) is 6.38. The molecule has 0 fully saturated rings. The molecule has 0 aliphatic carbocycles. The average Bonchev–Trinajstić information content (AvgIpc) is 3.02. The number of carbonyl (C=O) groups is 1. The van der Waals surface area contributed by atoms with Gasteiger partial charge in [-0.25, -0.2) is 13.1 Å². The maximum absolute atomic E-state index is 12.4. The van der Waals surface area contributed by atoms with E-state index >= 15 is 0 Å². The molecule has 0 bridgehead atoms. The highest BCUT2D eigenvalue weighted by atomic mass is 32.2. The standard InChI is InChI=1S/C17H24N4O4S/c1-13-18-17(20-19-13)21-26(23,24)15-10-7-9-14(12-15)8-5-3-4-6-11-16(22)25-2/h7,9-10,12H,3-6,8,11H2,1-2H3,(H2,18,19,20,21). The molecule has 8 nitrogen and oxygen atoms in total. The van der Waals surface area contributed by atoms with Gasteiger partial charge in [0.2, 0.25) is 0 Å². The summed E-state index contributed by atoms with van der Waals surface area (Å²) in [5.41, 5.74) is 0.951. The second kappa shape index (κ2) is 9.33. The molecule has 0 unspecified atom stereocenters. The van der Waals surface area contributed by atoms with Crippen LogP contribution in [0.5, 0.6) is 0 Å². The molecule has 2 aromatic rings. The van der Waals surface area contributed by atoms with Crippen molar-refractivity contribution in [3.8, 4) is 0 Å². The largest absolute Gasteiger partial charge is 0.469 e. The third-order valence-corrected chi connectivity index (χ3v) is 5.18. The summed E-state index contributed by atoms with van der Waals surface area (Å²) in [5.74, 6) is 0.374. The molecule has 0 aliphatic heterocycles. The van der Waals surface area contributed by atoms with Crippen LogP contribution in [0.2, 0.25) is 0 Å². The SMILES string of the molecule is COC(=O)CCCCCCc1cccc(S(=O)(=O)Nc2n[nH]c(C)n2)c1. The smallest absolute Gasteiger partial charge is 0.305 e. The first-order valence-corrected chi connectivity index (χ1v) is 9.96. The fraction of sp³-hybridized carbons (Fsp3) is 0.471. The lowest BCUT2D eigenvalue weighted by atomic mass is 10.1. The number of hydrogen-bond acceptors (Lipinski definition) is 6. The van der Waals surface area contributed by atoms with Crippen LogP contribution in [0.3, 0.4) is 0 Å². The summed E-state index contributed by atoms with van der Waals surface area (Å²) < 4.78 is 31.8. The lowest BCUT2D eigenvalue weighted by Gasteiger charge is -2.07. The molecule has 2 N–H and O–H groups in total. The number of anilines is 1. The van der Waals surface area contributed by atoms with E-state index in [0.717, 1.165) is 37.7 Å². The van der Waals surface area contributed by atoms with Crippen molar-refractivity contribution in [2.24, 2.45) is 0 Å². The van der Waals surface area contributed by atoms with E-state index in [0.29, 0.717) is 12.2 Å². The van der Waals surface area contributed by atoms with Crippen LogP contribution in [0.1, 0.15) is 43.5 Å². The van der Waals surface area contributed by atoms with Gasteiger partial charge in [0, 0.05) is 6.42 Å². The summed E-state index contributed by atoms with van der Waals surface area (Å²) in [7, 11) is -2.33. The number of ether oxygens (including phenoxy) is 1. The van der Waals surface area contributed by atoms with Crippen LogP contribution in [0.25, 0.3) is 0 Å². The van der Waals surface area contributed by atoms with E-state index in [1.54, 1.807) is 25.1 Å². The highest BCUT2D eigenvalue weighted by molar-refractivity contribution is 7.92. The van der Waals surface area contributed by atoms with Crippen molar-refractivity contribution in [2.75, 3.05) is 11.8 Å². The normalized spacial score (nSPS) is 11.3. The van der Waals surface area contributed by atoms with E-state index in [9.17, 15) is 13.2 Å². The third kappa shape index (κ3) is 6.14. The van der Waals surface area contributed by atoms with Crippen LogP contribution < -0.4 is 4.72 Å². The molecule has 0 aliphatic rings. The number of esters is 1. The van der Waals surface area contributed by atoms with Crippen LogP contribution in [0, 0.1) is 6.92 Å². The minimum absolute atomic E-state index is 0.0264. The molecule has 0 saturated heterocycles. The number of aromatic amines is 1. The molecular formula is C17H24N4O4S. The van der Waals surface area contributed by atoms with Gasteiger partial charge in [-0.2, -0.15) is 4.98 Å². The monoisotopic (exact) mass is 380 g/mol. The molecular weight excluding hydrogens is 356 g/mol. The second-order valence-corrected chi connectivity index (χ2v) is 7.67. The van der Waals surface area contributed by atoms with Crippen molar-refractivity contribution in [3.63, 3.8) is 0 Å². The van der Waals surface area contributed by atoms with E-state index in [4.69, 9.17) is 0 Å². The second-order valence-electron chi connectivity index (χ2n) is 5.99. The Labute approximate surface area is 153 Å². The summed E-state index contributed by atoms with van der Waals surface area (Å²) >= 11 is 0. The Hall–Kier alpha value is -2.42. The van der Waals surface area contributed by atoms with Crippen molar-refractivity contribution in [2.45, 2.75) is 50.3 Å². The first-order chi connectivity index (χ1) is 12.4. The maximum atomic E-state index is 12.4. The molecule has 2 rings (SSSR count). The minimum Gasteiger partial charge on any atom is -0.469 e. The van der Waals surface area contributed by atoms with Crippen molar-refractivity contribution < 1.29 is 17.9 Å². The Morgan fingerprint density at radius 3 is 2.69 bits per heavy atom. The lowest BCUT2D eigenvalue weighted by Crippen LogP contribution is -2.14. The number of rotatable bonds is 10. The number of aryl methyl sites for hydroxylation is 2. The number of unbranched alkanes of at least 4 members (excludes halogenated alkanes) is 3. The van der Waals surface area contributed by atoms with Crippen molar-refractivity contribution >= 4 is 21.9 Å². The highest BCUT2D eigenvalue weighted by Gasteiger charge is 2.16. The van der Waals surface area contributed by atoms with E-state index in [1.807, 2.05) is 6.07 Å². The predicted octanol–water partition coefficient (Wildman–Crippen LogP) is 2.58. The van der Waals surface area contributed by atoms with Crippen molar-refractivity contribution in [1.82, 2.24) is 15.2 Å². The topological polar surface area (TPSA) is 114 Å². The lowest BCUT2D eigenvalue weighted by molar-refractivity contribution is -0.140. The molecule has 0 radical (unpaired) electrons. The molecule has 1 aromatic heterocycles. The highest BCUT2D eigenvalue weighted by Crippen LogP contribution is 2.17. The fourth-order valence-corrected chi connectivity index (χ4v) is 3.50. The van der Waals surface area contributed by atoms with Gasteiger partial charge in [-0.1, -0.05) is 25.0 Å². The molecule has 26 heavy (non-hydrogen) atoms. The molecule has 9 heteroatoms. The van der Waals surface area contributed by atoms with E-state index in [2.05, 4.69) is 24.6 Å². The van der Waals surface area contributed by atoms with Crippen LogP contribution in [-0.4, -0.2) is 36.7 Å². The van der Waals surface area contributed by atoms with Gasteiger partial charge in [0.25, 0.3) is 16.0 Å². The summed E-state index contributed by atoms with van der Waals surface area (Å²) in [4.78, 5) is 15.2. The van der Waals surface area contributed by atoms with E-state index < -0.39 is 10.0 Å². The number of nitrogens with zero attached hydrogens (tertiary/aromatic N) is 2. The number of hydrogen-bond donors (Lipinski definition) is 2. The number of aromatic nitrogens is 3. The van der Waals surface area contributed by atoms with Gasteiger partial charge in [-0.3, -0.25) is 9.89 Å². The van der Waals surface area contributed by atoms with Gasteiger partial charge in [0.1, 0.15) is 5.82 Å². The predicted molar refractivity (Wildman–Crippen MR) is 97.2 cm³/mol. The van der Waals surface area contributed by atoms with Gasteiger partial charge >= 0.3 is 5.97 Å². The molecule has 0 atom stereocenters. The zero-order valence-corrected chi connectivity index (χ0v) is 15.8. The van der Waals surface area contributed by atoms with Gasteiger partial charge in [-0.15, -0.1) is 5.10 Å². The van der Waals surface area contributed by atoms with E-state index in [1.165, 1.54) is 7.11 Å². The Balaban J connectivity index is 1.86. The number of nitrogens with one attached hydrogen (secondary N) is 2. The molecule has 1 heterocycles. The number of methoxy groups -OCH3 is 1. The Morgan fingerprint density at radius 2 is 2.00 bits per heavy atom. The molecule has 0 amide bonds. The van der Waals surface area contributed by atoms with Gasteiger partial charge in [0.15, 0.2) is 0 Å². The number of sulfonamides is 1. The molecule has 0 saturated carbocycles. The summed E-state index contributed by atoms with van der Waals surface area (Å²) in [6.45, 7) is 1.69. The molecule has 1 aromatic carbocycles. The first kappa shape index (κ1) is 19.9. The Bertz CT molecular complexity index is 833. The Kier molecular flexibility index (Phi) is 7.14. The van der Waals surface area contributed by atoms with Crippen molar-refractivity contribution in [3.05, 3.63) is 35.7 Å². The number of carbonyl (C=O) groups excluding carboxylic acids is 1.